The highest BCUT2D eigenvalue weighted by Crippen LogP contribution is 2.43. The van der Waals surface area contributed by atoms with Crippen LogP contribution in [-0.2, 0) is 9.59 Å². The smallest absolute Gasteiger partial charge is 0.307 e. The molecular formula is C16H25NO4. The molecule has 5 nitrogen and oxygen atoms in total. The minimum Gasteiger partial charge on any atom is -0.481 e. The van der Waals surface area contributed by atoms with E-state index in [1.54, 1.807) is 0 Å². The van der Waals surface area contributed by atoms with Gasteiger partial charge in [-0.3, -0.25) is 9.59 Å². The summed E-state index contributed by atoms with van der Waals surface area (Å²) >= 11 is 0. The first kappa shape index (κ1) is 14.8. The lowest BCUT2D eigenvalue weighted by molar-refractivity contribution is -0.152. The van der Waals surface area contributed by atoms with Gasteiger partial charge in [-0.25, -0.2) is 0 Å². The summed E-state index contributed by atoms with van der Waals surface area (Å²) in [7, 11) is 0. The van der Waals surface area contributed by atoms with E-state index in [-0.39, 0.29) is 30.0 Å². The number of piperidine rings is 1. The summed E-state index contributed by atoms with van der Waals surface area (Å²) in [6.07, 6.45) is 5.21. The van der Waals surface area contributed by atoms with E-state index in [2.05, 4.69) is 6.92 Å². The van der Waals surface area contributed by atoms with Gasteiger partial charge in [0.25, 0.3) is 0 Å². The molecular weight excluding hydrogens is 270 g/mol. The number of carbonyl (C=O) groups excluding carboxylic acids is 1. The molecule has 21 heavy (non-hydrogen) atoms. The summed E-state index contributed by atoms with van der Waals surface area (Å²) in [5, 5.41) is 19.3. The molecule has 3 fully saturated rings. The highest BCUT2D eigenvalue weighted by atomic mass is 16.4. The molecule has 0 aromatic heterocycles. The van der Waals surface area contributed by atoms with E-state index in [4.69, 9.17) is 0 Å². The molecule has 2 aliphatic heterocycles. The van der Waals surface area contributed by atoms with Crippen molar-refractivity contribution in [2.75, 3.05) is 0 Å². The van der Waals surface area contributed by atoms with Gasteiger partial charge < -0.3 is 15.1 Å². The number of hydrogen-bond donors (Lipinski definition) is 2. The number of carboxylic acid groups (broad SMARTS) is 1. The molecule has 2 heterocycles. The van der Waals surface area contributed by atoms with Crippen molar-refractivity contribution in [1.82, 2.24) is 4.90 Å². The van der Waals surface area contributed by atoms with Gasteiger partial charge in [-0.2, -0.15) is 0 Å². The van der Waals surface area contributed by atoms with Crippen molar-refractivity contribution in [3.8, 4) is 0 Å². The van der Waals surface area contributed by atoms with Crippen LogP contribution in [0.4, 0.5) is 0 Å². The summed E-state index contributed by atoms with van der Waals surface area (Å²) in [4.78, 5) is 26.3. The fourth-order valence-corrected chi connectivity index (χ4v) is 4.72. The van der Waals surface area contributed by atoms with Crippen LogP contribution in [0.15, 0.2) is 0 Å². The molecule has 1 amide bonds. The van der Waals surface area contributed by atoms with Crippen molar-refractivity contribution in [3.63, 3.8) is 0 Å². The monoisotopic (exact) mass is 295 g/mol. The van der Waals surface area contributed by atoms with Gasteiger partial charge >= 0.3 is 5.97 Å². The molecule has 2 N–H and O–H groups in total. The Labute approximate surface area is 125 Å². The Morgan fingerprint density at radius 2 is 1.62 bits per heavy atom. The molecule has 2 bridgehead atoms. The van der Waals surface area contributed by atoms with E-state index >= 15 is 0 Å². The maximum Gasteiger partial charge on any atom is 0.307 e. The Morgan fingerprint density at radius 3 is 2.14 bits per heavy atom. The maximum atomic E-state index is 12.9. The van der Waals surface area contributed by atoms with Gasteiger partial charge in [0, 0.05) is 12.1 Å². The standard InChI is InChI=1S/C16H25NO4/c1-2-9-5-13(14(6-9)16(20)21)15(19)17-10-3-4-11(17)8-12(18)7-10/h9-14,18H,2-8H2,1H3,(H,20,21). The van der Waals surface area contributed by atoms with Gasteiger partial charge in [-0.05, 0) is 44.4 Å². The Hall–Kier alpha value is -1.10. The van der Waals surface area contributed by atoms with Gasteiger partial charge in [0.1, 0.15) is 0 Å². The number of amides is 1. The second-order valence-corrected chi connectivity index (χ2v) is 7.05. The third-order valence-corrected chi connectivity index (χ3v) is 5.83. The predicted molar refractivity (Wildman–Crippen MR) is 76.5 cm³/mol. The second-order valence-electron chi connectivity index (χ2n) is 7.05. The Morgan fingerprint density at radius 1 is 1.05 bits per heavy atom. The first-order chi connectivity index (χ1) is 10.0. The van der Waals surface area contributed by atoms with Crippen molar-refractivity contribution in [2.24, 2.45) is 17.8 Å². The number of carboxylic acids is 1. The van der Waals surface area contributed by atoms with E-state index in [9.17, 15) is 19.8 Å². The number of aliphatic carboxylic acids is 1. The predicted octanol–water partition coefficient (Wildman–Crippen LogP) is 1.64. The number of rotatable bonds is 3. The average Bonchev–Trinajstić information content (AvgIpc) is 2.98. The topological polar surface area (TPSA) is 77.8 Å². The first-order valence-electron chi connectivity index (χ1n) is 8.24. The summed E-state index contributed by atoms with van der Waals surface area (Å²) < 4.78 is 0. The maximum absolute atomic E-state index is 12.9. The number of hydrogen-bond acceptors (Lipinski definition) is 3. The van der Waals surface area contributed by atoms with Crippen molar-refractivity contribution < 1.29 is 19.8 Å². The summed E-state index contributed by atoms with van der Waals surface area (Å²) in [5.74, 6) is -1.31. The largest absolute Gasteiger partial charge is 0.481 e. The molecule has 2 saturated heterocycles. The highest BCUT2D eigenvalue weighted by Gasteiger charge is 2.49. The highest BCUT2D eigenvalue weighted by molar-refractivity contribution is 5.86. The zero-order valence-corrected chi connectivity index (χ0v) is 12.6. The van der Waals surface area contributed by atoms with Crippen molar-refractivity contribution >= 4 is 11.9 Å². The van der Waals surface area contributed by atoms with Gasteiger partial charge in [0.05, 0.1) is 17.9 Å². The van der Waals surface area contributed by atoms with Gasteiger partial charge in [-0.15, -0.1) is 0 Å². The molecule has 0 radical (unpaired) electrons. The third kappa shape index (κ3) is 2.56. The van der Waals surface area contributed by atoms with E-state index in [1.807, 2.05) is 4.90 Å². The van der Waals surface area contributed by atoms with Crippen LogP contribution in [-0.4, -0.2) is 45.2 Å². The number of aliphatic hydroxyl groups excluding tert-OH is 1. The van der Waals surface area contributed by atoms with Crippen LogP contribution in [0.2, 0.25) is 0 Å². The van der Waals surface area contributed by atoms with Crippen LogP contribution in [0.3, 0.4) is 0 Å². The normalized spacial score (nSPS) is 42.3. The van der Waals surface area contributed by atoms with Crippen LogP contribution >= 0.6 is 0 Å². The van der Waals surface area contributed by atoms with Gasteiger partial charge in [0.15, 0.2) is 0 Å². The molecule has 0 spiro atoms. The number of nitrogens with zero attached hydrogens (tertiary/aromatic N) is 1. The van der Waals surface area contributed by atoms with Gasteiger partial charge in [0.2, 0.25) is 5.91 Å². The fourth-order valence-electron chi connectivity index (χ4n) is 4.72. The van der Waals surface area contributed by atoms with Crippen LogP contribution in [0.25, 0.3) is 0 Å². The quantitative estimate of drug-likeness (QED) is 0.829. The molecule has 118 valence electrons. The minimum atomic E-state index is -0.825. The summed E-state index contributed by atoms with van der Waals surface area (Å²) in [6, 6.07) is 0.253. The zero-order valence-electron chi connectivity index (χ0n) is 12.6. The summed E-state index contributed by atoms with van der Waals surface area (Å²) in [5.41, 5.74) is 0. The number of aliphatic hydroxyl groups is 1. The number of fused-ring (bicyclic) bond motifs is 2. The van der Waals surface area contributed by atoms with Crippen LogP contribution in [0.5, 0.6) is 0 Å². The first-order valence-corrected chi connectivity index (χ1v) is 8.24. The Bertz CT molecular complexity index is 424. The minimum absolute atomic E-state index is 0.0396. The zero-order chi connectivity index (χ0) is 15.1. The lowest BCUT2D eigenvalue weighted by Gasteiger charge is -2.39. The lowest BCUT2D eigenvalue weighted by atomic mass is 9.91. The molecule has 1 aliphatic carbocycles. The Balaban J connectivity index is 1.77. The van der Waals surface area contributed by atoms with E-state index in [0.717, 1.165) is 19.3 Å². The molecule has 5 heteroatoms. The molecule has 5 atom stereocenters. The molecule has 3 aliphatic rings. The van der Waals surface area contributed by atoms with Crippen molar-refractivity contribution in [1.29, 1.82) is 0 Å². The van der Waals surface area contributed by atoms with E-state index in [0.29, 0.717) is 31.6 Å². The second kappa shape index (κ2) is 5.59. The lowest BCUT2D eigenvalue weighted by Crippen LogP contribution is -2.51. The summed E-state index contributed by atoms with van der Waals surface area (Å²) in [6.45, 7) is 2.07. The van der Waals surface area contributed by atoms with Crippen LogP contribution in [0, 0.1) is 17.8 Å². The molecule has 0 aromatic rings. The van der Waals surface area contributed by atoms with E-state index < -0.39 is 11.9 Å². The van der Waals surface area contributed by atoms with Crippen molar-refractivity contribution in [3.05, 3.63) is 0 Å². The van der Waals surface area contributed by atoms with Crippen LogP contribution < -0.4 is 0 Å². The van der Waals surface area contributed by atoms with Gasteiger partial charge in [-0.1, -0.05) is 13.3 Å². The molecule has 3 rings (SSSR count). The molecule has 0 aromatic carbocycles. The SMILES string of the molecule is CCC1CC(C(=O)O)C(C(=O)N2C3CCC2CC(O)C3)C1. The van der Waals surface area contributed by atoms with Crippen molar-refractivity contribution in [2.45, 2.75) is 70.1 Å². The molecule has 1 saturated carbocycles. The number of carbonyl (C=O) groups is 2. The fraction of sp³-hybridized carbons (Fsp3) is 0.875. The third-order valence-electron chi connectivity index (χ3n) is 5.83. The average molecular weight is 295 g/mol. The van der Waals surface area contributed by atoms with Crippen LogP contribution in [0.1, 0.15) is 51.9 Å². The van der Waals surface area contributed by atoms with E-state index in [1.165, 1.54) is 0 Å². The molecule has 5 unspecified atom stereocenters. The Kier molecular flexibility index (Phi) is 3.95.